The number of fused-ring (bicyclic) bond motifs is 1. The number of anilines is 1. The van der Waals surface area contributed by atoms with Crippen molar-refractivity contribution in [2.24, 2.45) is 10.7 Å². The van der Waals surface area contributed by atoms with E-state index in [1.54, 1.807) is 0 Å². The second kappa shape index (κ2) is 8.57. The average molecular weight is 363 g/mol. The van der Waals surface area contributed by atoms with Crippen molar-refractivity contribution >= 4 is 11.6 Å². The topological polar surface area (TPSA) is 53.6 Å². The lowest BCUT2D eigenvalue weighted by atomic mass is 9.90. The molecule has 2 aliphatic rings. The third kappa shape index (κ3) is 4.69. The second-order valence-electron chi connectivity index (χ2n) is 7.78. The van der Waals surface area contributed by atoms with Crippen LogP contribution in [0.15, 0.2) is 47.5 Å². The van der Waals surface area contributed by atoms with Crippen LogP contribution in [0.25, 0.3) is 0 Å². The molecule has 2 aromatic rings. The van der Waals surface area contributed by atoms with Gasteiger partial charge in [0.2, 0.25) is 0 Å². The minimum atomic E-state index is 0.495. The molecule has 27 heavy (non-hydrogen) atoms. The van der Waals surface area contributed by atoms with Gasteiger partial charge in [0.15, 0.2) is 5.96 Å². The van der Waals surface area contributed by atoms with Crippen molar-refractivity contribution in [3.8, 4) is 0 Å². The highest BCUT2D eigenvalue weighted by Gasteiger charge is 2.13. The van der Waals surface area contributed by atoms with Crippen LogP contribution in [-0.4, -0.2) is 23.9 Å². The summed E-state index contributed by atoms with van der Waals surface area (Å²) in [6, 6.07) is 15.2. The Morgan fingerprint density at radius 3 is 2.48 bits per heavy atom. The molecule has 1 heterocycles. The normalized spacial score (nSPS) is 17.7. The van der Waals surface area contributed by atoms with Gasteiger partial charge >= 0.3 is 0 Å². The first-order chi connectivity index (χ1) is 13.3. The highest BCUT2D eigenvalue weighted by Crippen LogP contribution is 2.27. The maximum Gasteiger partial charge on any atom is 0.193 e. The van der Waals surface area contributed by atoms with E-state index in [9.17, 15) is 0 Å². The zero-order chi connectivity index (χ0) is 18.5. The van der Waals surface area contributed by atoms with E-state index in [2.05, 4.69) is 57.7 Å². The first-order valence-corrected chi connectivity index (χ1v) is 10.3. The summed E-state index contributed by atoms with van der Waals surface area (Å²) in [5.41, 5.74) is 12.7. The van der Waals surface area contributed by atoms with Gasteiger partial charge in [0.05, 0.1) is 6.54 Å². The van der Waals surface area contributed by atoms with E-state index < -0.39 is 0 Å². The number of aliphatic imine (C=N–C) groups is 1. The van der Waals surface area contributed by atoms with Gasteiger partial charge in [0.1, 0.15) is 0 Å². The van der Waals surface area contributed by atoms with Crippen molar-refractivity contribution < 1.29 is 0 Å². The van der Waals surface area contributed by atoms with Gasteiger partial charge in [-0.2, -0.15) is 0 Å². The summed E-state index contributed by atoms with van der Waals surface area (Å²) in [5.74, 6) is 0.495. The molecule has 0 saturated carbocycles. The standard InChI is InChI=1S/C23H30N4/c24-23(26-22-9-5-7-20-6-1-2-8-21(20)22)25-16-18-10-12-19(13-11-18)17-27-14-3-4-15-27/h5,7,9-13H,1-4,6,8,14-17H2,(H3,24,25,26). The van der Waals surface area contributed by atoms with Crippen LogP contribution in [0.2, 0.25) is 0 Å². The van der Waals surface area contributed by atoms with E-state index in [1.807, 2.05) is 0 Å². The zero-order valence-electron chi connectivity index (χ0n) is 16.1. The molecule has 0 atom stereocenters. The molecule has 0 amide bonds. The molecule has 4 rings (SSSR count). The summed E-state index contributed by atoms with van der Waals surface area (Å²) in [6.07, 6.45) is 7.52. The van der Waals surface area contributed by atoms with Gasteiger partial charge in [0, 0.05) is 12.2 Å². The average Bonchev–Trinajstić information content (AvgIpc) is 3.21. The highest BCUT2D eigenvalue weighted by molar-refractivity contribution is 5.93. The third-order valence-corrected chi connectivity index (χ3v) is 5.72. The zero-order valence-corrected chi connectivity index (χ0v) is 16.1. The molecule has 1 aliphatic heterocycles. The molecular weight excluding hydrogens is 332 g/mol. The molecule has 142 valence electrons. The first-order valence-electron chi connectivity index (χ1n) is 10.3. The van der Waals surface area contributed by atoms with E-state index >= 15 is 0 Å². The number of rotatable bonds is 5. The molecule has 0 spiro atoms. The number of hydrogen-bond donors (Lipinski definition) is 2. The lowest BCUT2D eigenvalue weighted by molar-refractivity contribution is 0.331. The lowest BCUT2D eigenvalue weighted by Crippen LogP contribution is -2.24. The van der Waals surface area contributed by atoms with Crippen LogP contribution in [0.4, 0.5) is 5.69 Å². The number of guanidine groups is 1. The van der Waals surface area contributed by atoms with E-state index in [4.69, 9.17) is 5.73 Å². The summed E-state index contributed by atoms with van der Waals surface area (Å²) in [5, 5.41) is 3.32. The minimum Gasteiger partial charge on any atom is -0.370 e. The number of nitrogens with one attached hydrogen (secondary N) is 1. The number of nitrogens with two attached hydrogens (primary N) is 1. The van der Waals surface area contributed by atoms with Crippen LogP contribution >= 0.6 is 0 Å². The van der Waals surface area contributed by atoms with Crippen LogP contribution in [0.5, 0.6) is 0 Å². The molecule has 3 N–H and O–H groups in total. The van der Waals surface area contributed by atoms with Gasteiger partial charge in [-0.3, -0.25) is 4.90 Å². The molecule has 0 unspecified atom stereocenters. The number of aryl methyl sites for hydroxylation is 1. The Bertz CT molecular complexity index is 789. The smallest absolute Gasteiger partial charge is 0.193 e. The Hall–Kier alpha value is -2.33. The molecule has 1 saturated heterocycles. The number of likely N-dealkylation sites (tertiary alicyclic amines) is 1. The van der Waals surface area contributed by atoms with E-state index in [-0.39, 0.29) is 0 Å². The summed E-state index contributed by atoms with van der Waals surface area (Å²) in [7, 11) is 0. The van der Waals surface area contributed by atoms with Gasteiger partial charge in [-0.1, -0.05) is 36.4 Å². The van der Waals surface area contributed by atoms with Gasteiger partial charge in [-0.15, -0.1) is 0 Å². The van der Waals surface area contributed by atoms with Crippen molar-refractivity contribution in [1.82, 2.24) is 4.90 Å². The van der Waals surface area contributed by atoms with Gasteiger partial charge in [-0.05, 0) is 79.9 Å². The predicted octanol–water partition coefficient (Wildman–Crippen LogP) is 4.09. The Balaban J connectivity index is 1.35. The molecule has 0 bridgehead atoms. The molecule has 0 radical (unpaired) electrons. The van der Waals surface area contributed by atoms with Gasteiger partial charge in [-0.25, -0.2) is 4.99 Å². The van der Waals surface area contributed by atoms with Crippen LogP contribution in [0, 0.1) is 0 Å². The second-order valence-corrected chi connectivity index (χ2v) is 7.78. The fraction of sp³-hybridized carbons (Fsp3) is 0.435. The fourth-order valence-corrected chi connectivity index (χ4v) is 4.20. The number of hydrogen-bond acceptors (Lipinski definition) is 2. The summed E-state index contributed by atoms with van der Waals surface area (Å²) >= 11 is 0. The predicted molar refractivity (Wildman–Crippen MR) is 113 cm³/mol. The van der Waals surface area contributed by atoms with Crippen molar-refractivity contribution in [3.05, 3.63) is 64.7 Å². The monoisotopic (exact) mass is 362 g/mol. The molecule has 4 heteroatoms. The molecule has 1 aliphatic carbocycles. The Labute approximate surface area is 162 Å². The largest absolute Gasteiger partial charge is 0.370 e. The van der Waals surface area contributed by atoms with Crippen molar-refractivity contribution in [1.29, 1.82) is 0 Å². The molecule has 1 fully saturated rings. The molecular formula is C23H30N4. The Morgan fingerprint density at radius 1 is 0.926 bits per heavy atom. The Morgan fingerprint density at radius 2 is 1.67 bits per heavy atom. The van der Waals surface area contributed by atoms with E-state index in [0.29, 0.717) is 12.5 Å². The lowest BCUT2D eigenvalue weighted by Gasteiger charge is -2.19. The fourth-order valence-electron chi connectivity index (χ4n) is 4.20. The van der Waals surface area contributed by atoms with Crippen molar-refractivity contribution in [2.75, 3.05) is 18.4 Å². The molecule has 4 nitrogen and oxygen atoms in total. The highest BCUT2D eigenvalue weighted by atomic mass is 15.1. The number of benzene rings is 2. The van der Waals surface area contributed by atoms with Crippen molar-refractivity contribution in [3.63, 3.8) is 0 Å². The summed E-state index contributed by atoms with van der Waals surface area (Å²) in [4.78, 5) is 7.07. The maximum absolute atomic E-state index is 6.16. The first kappa shape index (κ1) is 18.1. The molecule has 2 aromatic carbocycles. The van der Waals surface area contributed by atoms with Crippen LogP contribution in [-0.2, 0) is 25.9 Å². The summed E-state index contributed by atoms with van der Waals surface area (Å²) in [6.45, 7) is 4.14. The van der Waals surface area contributed by atoms with Crippen molar-refractivity contribution in [2.45, 2.75) is 51.6 Å². The third-order valence-electron chi connectivity index (χ3n) is 5.72. The van der Waals surface area contributed by atoms with Crippen LogP contribution in [0.1, 0.15) is 47.9 Å². The van der Waals surface area contributed by atoms with E-state index in [0.717, 1.165) is 18.7 Å². The van der Waals surface area contributed by atoms with Gasteiger partial charge in [0.25, 0.3) is 0 Å². The SMILES string of the molecule is NC(=NCc1ccc(CN2CCCC2)cc1)Nc1cccc2c1CCCC2. The summed E-state index contributed by atoms with van der Waals surface area (Å²) < 4.78 is 0. The number of nitrogens with zero attached hydrogens (tertiary/aromatic N) is 2. The maximum atomic E-state index is 6.16. The quantitative estimate of drug-likeness (QED) is 0.622. The van der Waals surface area contributed by atoms with Gasteiger partial charge < -0.3 is 11.1 Å². The van der Waals surface area contributed by atoms with E-state index in [1.165, 1.54) is 67.4 Å². The van der Waals surface area contributed by atoms with Crippen LogP contribution < -0.4 is 11.1 Å². The Kier molecular flexibility index (Phi) is 5.73. The minimum absolute atomic E-state index is 0.495. The van der Waals surface area contributed by atoms with Crippen LogP contribution in [0.3, 0.4) is 0 Å². The molecule has 0 aromatic heterocycles.